The molecule has 4 heterocycles. The van der Waals surface area contributed by atoms with E-state index in [0.29, 0.717) is 36.1 Å². The summed E-state index contributed by atoms with van der Waals surface area (Å²) in [6, 6.07) is 4.22. The third-order valence-electron chi connectivity index (χ3n) is 5.91. The zero-order chi connectivity index (χ0) is 23.3. The van der Waals surface area contributed by atoms with Gasteiger partial charge in [0.25, 0.3) is 5.91 Å². The van der Waals surface area contributed by atoms with Crippen LogP contribution in [0.2, 0.25) is 0 Å². The summed E-state index contributed by atoms with van der Waals surface area (Å²) in [7, 11) is 0. The SMILES string of the molecule is Nc1nc2cc(F)c(C(=O)N3CCCCC3c3ccc(C(F)(F)F)cn3)cc2n2cncc12. The number of fused-ring (bicyclic) bond motifs is 3. The topological polar surface area (TPSA) is 89.4 Å². The van der Waals surface area contributed by atoms with Crippen molar-refractivity contribution in [3.8, 4) is 0 Å². The summed E-state index contributed by atoms with van der Waals surface area (Å²) in [4.78, 5) is 27.1. The molecule has 3 aromatic heterocycles. The van der Waals surface area contributed by atoms with Crippen LogP contribution < -0.4 is 5.73 Å². The Morgan fingerprint density at radius 3 is 2.67 bits per heavy atom. The lowest BCUT2D eigenvalue weighted by atomic mass is 9.97. The van der Waals surface area contributed by atoms with Crippen LogP contribution >= 0.6 is 0 Å². The van der Waals surface area contributed by atoms with Gasteiger partial charge in [0, 0.05) is 18.8 Å². The lowest BCUT2D eigenvalue weighted by Crippen LogP contribution is -2.39. The Morgan fingerprint density at radius 2 is 1.94 bits per heavy atom. The molecule has 5 rings (SSSR count). The number of hydrogen-bond donors (Lipinski definition) is 1. The number of benzene rings is 1. The molecular weight excluding hydrogens is 440 g/mol. The van der Waals surface area contributed by atoms with E-state index in [2.05, 4.69) is 15.0 Å². The molecule has 0 spiro atoms. The monoisotopic (exact) mass is 458 g/mol. The maximum Gasteiger partial charge on any atom is 0.417 e. The summed E-state index contributed by atoms with van der Waals surface area (Å²) >= 11 is 0. The van der Waals surface area contributed by atoms with Gasteiger partial charge in [-0.1, -0.05) is 0 Å². The molecule has 1 aliphatic heterocycles. The van der Waals surface area contributed by atoms with Crippen molar-refractivity contribution in [3.63, 3.8) is 0 Å². The molecule has 1 fully saturated rings. The minimum atomic E-state index is -4.50. The number of amides is 1. The Labute approximate surface area is 184 Å². The molecule has 33 heavy (non-hydrogen) atoms. The van der Waals surface area contributed by atoms with Crippen molar-refractivity contribution in [1.82, 2.24) is 24.3 Å². The van der Waals surface area contributed by atoms with Gasteiger partial charge in [-0.3, -0.25) is 14.2 Å². The van der Waals surface area contributed by atoms with Crippen LogP contribution in [0, 0.1) is 5.82 Å². The van der Waals surface area contributed by atoms with E-state index < -0.39 is 29.5 Å². The second-order valence-electron chi connectivity index (χ2n) is 7.95. The van der Waals surface area contributed by atoms with Crippen molar-refractivity contribution in [2.45, 2.75) is 31.5 Å². The minimum Gasteiger partial charge on any atom is -0.382 e. The fourth-order valence-electron chi connectivity index (χ4n) is 4.27. The van der Waals surface area contributed by atoms with Gasteiger partial charge in [0.05, 0.1) is 46.4 Å². The molecule has 2 N–H and O–H groups in total. The number of nitrogens with two attached hydrogens (primary N) is 1. The Balaban J connectivity index is 1.54. The smallest absolute Gasteiger partial charge is 0.382 e. The first-order valence-corrected chi connectivity index (χ1v) is 10.3. The highest BCUT2D eigenvalue weighted by Crippen LogP contribution is 2.34. The van der Waals surface area contributed by atoms with E-state index in [1.54, 1.807) is 4.40 Å². The van der Waals surface area contributed by atoms with E-state index in [4.69, 9.17) is 5.73 Å². The predicted octanol–water partition coefficient (Wildman–Crippen LogP) is 4.39. The molecule has 0 radical (unpaired) electrons. The molecule has 7 nitrogen and oxygen atoms in total. The van der Waals surface area contributed by atoms with E-state index in [0.717, 1.165) is 24.8 Å². The fourth-order valence-corrected chi connectivity index (χ4v) is 4.27. The third-order valence-corrected chi connectivity index (χ3v) is 5.91. The highest BCUT2D eigenvalue weighted by atomic mass is 19.4. The largest absolute Gasteiger partial charge is 0.417 e. The number of anilines is 1. The highest BCUT2D eigenvalue weighted by molar-refractivity contribution is 5.98. The van der Waals surface area contributed by atoms with E-state index >= 15 is 4.39 Å². The van der Waals surface area contributed by atoms with Crippen molar-refractivity contribution < 1.29 is 22.4 Å². The number of rotatable bonds is 2. The number of hydrogen-bond acceptors (Lipinski definition) is 5. The molecule has 0 saturated carbocycles. The van der Waals surface area contributed by atoms with Gasteiger partial charge >= 0.3 is 6.18 Å². The molecule has 1 atom stereocenters. The molecule has 1 saturated heterocycles. The summed E-state index contributed by atoms with van der Waals surface area (Å²) in [5.41, 5.74) is 6.47. The van der Waals surface area contributed by atoms with Crippen molar-refractivity contribution >= 4 is 28.3 Å². The summed E-state index contributed by atoms with van der Waals surface area (Å²) in [5.74, 6) is -1.14. The Bertz CT molecular complexity index is 1370. The van der Waals surface area contributed by atoms with E-state index in [9.17, 15) is 18.0 Å². The van der Waals surface area contributed by atoms with E-state index in [1.165, 1.54) is 29.6 Å². The average Bonchev–Trinajstić information content (AvgIpc) is 3.29. The number of nitrogen functional groups attached to an aromatic ring is 1. The number of imidazole rings is 1. The first-order valence-electron chi connectivity index (χ1n) is 10.3. The second kappa shape index (κ2) is 7.68. The average molecular weight is 458 g/mol. The van der Waals surface area contributed by atoms with E-state index in [-0.39, 0.29) is 16.9 Å². The molecule has 0 bridgehead atoms. The highest BCUT2D eigenvalue weighted by Gasteiger charge is 2.34. The zero-order valence-electron chi connectivity index (χ0n) is 17.2. The van der Waals surface area contributed by atoms with Gasteiger partial charge in [-0.15, -0.1) is 0 Å². The maximum absolute atomic E-state index is 15.0. The van der Waals surface area contributed by atoms with Crippen molar-refractivity contribution in [3.05, 3.63) is 65.6 Å². The molecule has 1 amide bonds. The predicted molar refractivity (Wildman–Crippen MR) is 112 cm³/mol. The normalized spacial score (nSPS) is 17.1. The fraction of sp³-hybridized carbons (Fsp3) is 0.273. The number of pyridine rings is 1. The summed E-state index contributed by atoms with van der Waals surface area (Å²) in [6.07, 6.45) is 1.26. The molecule has 4 aromatic rings. The molecule has 1 unspecified atom stereocenters. The zero-order valence-corrected chi connectivity index (χ0v) is 17.2. The quantitative estimate of drug-likeness (QED) is 0.450. The number of likely N-dealkylation sites (tertiary alicyclic amines) is 1. The number of alkyl halides is 3. The lowest BCUT2D eigenvalue weighted by Gasteiger charge is -2.35. The van der Waals surface area contributed by atoms with E-state index in [1.807, 2.05) is 0 Å². The number of carbonyl (C=O) groups is 1. The van der Waals surface area contributed by atoms with Crippen LogP contribution in [-0.2, 0) is 6.18 Å². The summed E-state index contributed by atoms with van der Waals surface area (Å²) in [5, 5.41) is 0. The van der Waals surface area contributed by atoms with Crippen LogP contribution in [0.3, 0.4) is 0 Å². The Morgan fingerprint density at radius 1 is 1.12 bits per heavy atom. The summed E-state index contributed by atoms with van der Waals surface area (Å²) in [6.45, 7) is 0.337. The minimum absolute atomic E-state index is 0.164. The molecular formula is C22H18F4N6O. The number of nitrogens with zero attached hydrogens (tertiary/aromatic N) is 5. The van der Waals surface area contributed by atoms with Gasteiger partial charge in [0.1, 0.15) is 17.2 Å². The standard InChI is InChI=1S/C22H18F4N6O/c23-14-8-16-18(32-11-28-10-19(32)20(27)30-16)7-13(14)21(33)31-6-2-1-3-17(31)15-5-4-12(9-29-15)22(24,25)26/h4-5,7-11,17H,1-3,6H2,(H2,27,30). The van der Waals surface area contributed by atoms with Crippen molar-refractivity contribution in [2.75, 3.05) is 12.3 Å². The number of aromatic nitrogens is 4. The molecule has 1 aromatic carbocycles. The van der Waals surface area contributed by atoms with Crippen LogP contribution in [-0.4, -0.2) is 36.7 Å². The number of carbonyl (C=O) groups excluding carboxylic acids is 1. The third kappa shape index (κ3) is 3.62. The first kappa shape index (κ1) is 21.1. The Hall–Kier alpha value is -3.76. The van der Waals surface area contributed by atoms with Crippen molar-refractivity contribution in [2.24, 2.45) is 0 Å². The van der Waals surface area contributed by atoms with Gasteiger partial charge in [-0.05, 0) is 37.5 Å². The molecule has 1 aliphatic rings. The number of piperidine rings is 1. The maximum atomic E-state index is 15.0. The molecule has 0 aliphatic carbocycles. The van der Waals surface area contributed by atoms with Gasteiger partial charge in [-0.2, -0.15) is 13.2 Å². The van der Waals surface area contributed by atoms with Crippen LogP contribution in [0.25, 0.3) is 16.6 Å². The first-order chi connectivity index (χ1) is 15.7. The van der Waals surface area contributed by atoms with Crippen LogP contribution in [0.5, 0.6) is 0 Å². The van der Waals surface area contributed by atoms with Gasteiger partial charge < -0.3 is 10.6 Å². The number of halogens is 4. The molecule has 11 heteroatoms. The van der Waals surface area contributed by atoms with Crippen LogP contribution in [0.4, 0.5) is 23.4 Å². The van der Waals surface area contributed by atoms with Crippen molar-refractivity contribution in [1.29, 1.82) is 0 Å². The van der Waals surface area contributed by atoms with Crippen LogP contribution in [0.15, 0.2) is 43.0 Å². The Kier molecular flexibility index (Phi) is 4.91. The second-order valence-corrected chi connectivity index (χ2v) is 7.95. The molecule has 170 valence electrons. The van der Waals surface area contributed by atoms with Gasteiger partial charge in [0.15, 0.2) is 0 Å². The van der Waals surface area contributed by atoms with Crippen LogP contribution in [0.1, 0.15) is 46.9 Å². The lowest BCUT2D eigenvalue weighted by molar-refractivity contribution is -0.137. The summed E-state index contributed by atoms with van der Waals surface area (Å²) < 4.78 is 55.3. The van der Waals surface area contributed by atoms with Gasteiger partial charge in [-0.25, -0.2) is 14.4 Å². The van der Waals surface area contributed by atoms with Gasteiger partial charge in [0.2, 0.25) is 0 Å².